The van der Waals surface area contributed by atoms with E-state index in [2.05, 4.69) is 6.07 Å². The van der Waals surface area contributed by atoms with Gasteiger partial charge >= 0.3 is 0 Å². The topological polar surface area (TPSA) is 29.5 Å². The summed E-state index contributed by atoms with van der Waals surface area (Å²) >= 11 is 0. The molecule has 1 fully saturated rings. The molecule has 1 aromatic rings. The summed E-state index contributed by atoms with van der Waals surface area (Å²) in [6, 6.07) is 8.18. The van der Waals surface area contributed by atoms with Crippen molar-refractivity contribution in [1.82, 2.24) is 0 Å². The second-order valence-electron chi connectivity index (χ2n) is 4.13. The molecule has 0 aliphatic heterocycles. The molecule has 1 N–H and O–H groups in total. The predicted molar refractivity (Wildman–Crippen MR) is 60.2 cm³/mol. The van der Waals surface area contributed by atoms with Crippen LogP contribution in [0.5, 0.6) is 5.75 Å². The lowest BCUT2D eigenvalue weighted by molar-refractivity contribution is 0.181. The number of aliphatic hydroxyl groups is 1. The Hall–Kier alpha value is -1.02. The van der Waals surface area contributed by atoms with E-state index in [1.54, 1.807) is 0 Å². The van der Waals surface area contributed by atoms with Crippen LogP contribution >= 0.6 is 0 Å². The summed E-state index contributed by atoms with van der Waals surface area (Å²) in [5.41, 5.74) is 1.26. The third-order valence-corrected chi connectivity index (χ3v) is 3.06. The van der Waals surface area contributed by atoms with Gasteiger partial charge in [0.15, 0.2) is 0 Å². The lowest BCUT2D eigenvalue weighted by Gasteiger charge is -2.15. The highest BCUT2D eigenvalue weighted by molar-refractivity contribution is 5.36. The van der Waals surface area contributed by atoms with Crippen molar-refractivity contribution in [3.63, 3.8) is 0 Å². The van der Waals surface area contributed by atoms with Gasteiger partial charge in [-0.25, -0.2) is 0 Å². The fraction of sp³-hybridized carbons (Fsp3) is 0.538. The zero-order valence-electron chi connectivity index (χ0n) is 9.15. The summed E-state index contributed by atoms with van der Waals surface area (Å²) < 4.78 is 5.60. The molecule has 2 atom stereocenters. The molecule has 15 heavy (non-hydrogen) atoms. The number of benzene rings is 1. The normalized spacial score (nSPS) is 25.5. The van der Waals surface area contributed by atoms with E-state index in [0.29, 0.717) is 12.5 Å². The lowest BCUT2D eigenvalue weighted by atomic mass is 9.97. The molecule has 0 aromatic heterocycles. The van der Waals surface area contributed by atoms with Gasteiger partial charge in [-0.15, -0.1) is 0 Å². The molecule has 1 aliphatic rings. The Morgan fingerprint density at radius 2 is 2.13 bits per heavy atom. The van der Waals surface area contributed by atoms with E-state index >= 15 is 0 Å². The van der Waals surface area contributed by atoms with Gasteiger partial charge in [-0.2, -0.15) is 0 Å². The first-order chi connectivity index (χ1) is 7.31. The minimum atomic E-state index is -0.121. The van der Waals surface area contributed by atoms with Crippen LogP contribution < -0.4 is 4.74 Å². The fourth-order valence-corrected chi connectivity index (χ4v) is 2.34. The number of ether oxygens (including phenoxy) is 1. The van der Waals surface area contributed by atoms with Crippen LogP contribution in [-0.4, -0.2) is 17.8 Å². The summed E-state index contributed by atoms with van der Waals surface area (Å²) in [6.07, 6.45) is 2.75. The van der Waals surface area contributed by atoms with Crippen LogP contribution in [0, 0.1) is 0 Å². The predicted octanol–water partition coefficient (Wildman–Crippen LogP) is 2.71. The summed E-state index contributed by atoms with van der Waals surface area (Å²) in [5, 5.41) is 9.54. The van der Waals surface area contributed by atoms with E-state index in [9.17, 15) is 5.11 Å². The monoisotopic (exact) mass is 206 g/mol. The Balaban J connectivity index is 2.19. The van der Waals surface area contributed by atoms with E-state index in [0.717, 1.165) is 25.0 Å². The molecule has 0 heterocycles. The van der Waals surface area contributed by atoms with Crippen LogP contribution in [-0.2, 0) is 0 Å². The number of para-hydroxylation sites is 1. The molecule has 1 aromatic carbocycles. The Morgan fingerprint density at radius 1 is 1.33 bits per heavy atom. The molecule has 0 amide bonds. The fourth-order valence-electron chi connectivity index (χ4n) is 2.34. The quantitative estimate of drug-likeness (QED) is 0.824. The van der Waals surface area contributed by atoms with E-state index < -0.39 is 0 Å². The molecular weight excluding hydrogens is 188 g/mol. The van der Waals surface area contributed by atoms with Gasteiger partial charge in [0.2, 0.25) is 0 Å². The number of rotatable bonds is 3. The van der Waals surface area contributed by atoms with Crippen molar-refractivity contribution in [3.05, 3.63) is 29.8 Å². The lowest BCUT2D eigenvalue weighted by Crippen LogP contribution is -2.02. The summed E-state index contributed by atoms with van der Waals surface area (Å²) in [4.78, 5) is 0. The van der Waals surface area contributed by atoms with E-state index in [1.807, 2.05) is 25.1 Å². The van der Waals surface area contributed by atoms with Gasteiger partial charge in [-0.1, -0.05) is 18.2 Å². The van der Waals surface area contributed by atoms with Crippen molar-refractivity contribution in [3.8, 4) is 5.75 Å². The average molecular weight is 206 g/mol. The van der Waals surface area contributed by atoms with Gasteiger partial charge in [0.05, 0.1) is 12.7 Å². The first-order valence-corrected chi connectivity index (χ1v) is 5.71. The summed E-state index contributed by atoms with van der Waals surface area (Å²) in [7, 11) is 0. The molecule has 0 bridgehead atoms. The van der Waals surface area contributed by atoms with E-state index in [4.69, 9.17) is 4.74 Å². The highest BCUT2D eigenvalue weighted by Gasteiger charge is 2.26. The molecule has 1 saturated carbocycles. The van der Waals surface area contributed by atoms with Gasteiger partial charge in [-0.3, -0.25) is 0 Å². The molecule has 0 radical (unpaired) electrons. The molecule has 2 heteroatoms. The molecule has 82 valence electrons. The third-order valence-electron chi connectivity index (χ3n) is 3.06. The van der Waals surface area contributed by atoms with Gasteiger partial charge in [0.25, 0.3) is 0 Å². The number of hydrogen-bond acceptors (Lipinski definition) is 2. The van der Waals surface area contributed by atoms with Crippen molar-refractivity contribution in [2.75, 3.05) is 6.61 Å². The Bertz CT molecular complexity index is 322. The second-order valence-corrected chi connectivity index (χ2v) is 4.13. The van der Waals surface area contributed by atoms with E-state index in [1.165, 1.54) is 5.56 Å². The smallest absolute Gasteiger partial charge is 0.122 e. The SMILES string of the molecule is CCOc1ccccc1C1CCC(O)C1. The zero-order valence-corrected chi connectivity index (χ0v) is 9.15. The second kappa shape index (κ2) is 4.67. The first kappa shape index (κ1) is 10.5. The van der Waals surface area contributed by atoms with Crippen LogP contribution in [0.3, 0.4) is 0 Å². The van der Waals surface area contributed by atoms with Gasteiger partial charge in [-0.05, 0) is 43.7 Å². The van der Waals surface area contributed by atoms with Crippen LogP contribution in [0.2, 0.25) is 0 Å². The van der Waals surface area contributed by atoms with Crippen molar-refractivity contribution in [1.29, 1.82) is 0 Å². The largest absolute Gasteiger partial charge is 0.494 e. The minimum absolute atomic E-state index is 0.121. The maximum atomic E-state index is 9.54. The van der Waals surface area contributed by atoms with Crippen molar-refractivity contribution < 1.29 is 9.84 Å². The molecular formula is C13H18O2. The summed E-state index contributed by atoms with van der Waals surface area (Å²) in [5.74, 6) is 1.46. The molecule has 2 unspecified atom stereocenters. The molecule has 0 spiro atoms. The van der Waals surface area contributed by atoms with Crippen molar-refractivity contribution in [2.24, 2.45) is 0 Å². The summed E-state index contributed by atoms with van der Waals surface area (Å²) in [6.45, 7) is 2.70. The van der Waals surface area contributed by atoms with Crippen LogP contribution in [0.4, 0.5) is 0 Å². The van der Waals surface area contributed by atoms with Crippen LogP contribution in [0.1, 0.15) is 37.7 Å². The van der Waals surface area contributed by atoms with Gasteiger partial charge in [0.1, 0.15) is 5.75 Å². The van der Waals surface area contributed by atoms with Crippen LogP contribution in [0.25, 0.3) is 0 Å². The number of aliphatic hydroxyl groups excluding tert-OH is 1. The minimum Gasteiger partial charge on any atom is -0.494 e. The Kier molecular flexibility index (Phi) is 3.27. The highest BCUT2D eigenvalue weighted by atomic mass is 16.5. The maximum absolute atomic E-state index is 9.54. The van der Waals surface area contributed by atoms with E-state index in [-0.39, 0.29) is 6.10 Å². The molecule has 0 saturated heterocycles. The maximum Gasteiger partial charge on any atom is 0.122 e. The highest BCUT2D eigenvalue weighted by Crippen LogP contribution is 2.38. The van der Waals surface area contributed by atoms with Crippen LogP contribution in [0.15, 0.2) is 24.3 Å². The molecule has 1 aliphatic carbocycles. The Labute approximate surface area is 90.9 Å². The van der Waals surface area contributed by atoms with Gasteiger partial charge < -0.3 is 9.84 Å². The van der Waals surface area contributed by atoms with Crippen molar-refractivity contribution in [2.45, 2.75) is 38.2 Å². The first-order valence-electron chi connectivity index (χ1n) is 5.71. The Morgan fingerprint density at radius 3 is 2.80 bits per heavy atom. The average Bonchev–Trinajstić information content (AvgIpc) is 2.66. The third kappa shape index (κ3) is 2.32. The zero-order chi connectivity index (χ0) is 10.7. The molecule has 2 nitrogen and oxygen atoms in total. The van der Waals surface area contributed by atoms with Crippen molar-refractivity contribution >= 4 is 0 Å². The standard InChI is InChI=1S/C13H18O2/c1-2-15-13-6-4-3-5-12(13)10-7-8-11(14)9-10/h3-6,10-11,14H,2,7-9H2,1H3. The van der Waals surface area contributed by atoms with Gasteiger partial charge in [0, 0.05) is 0 Å². The number of hydrogen-bond donors (Lipinski definition) is 1. The molecule has 2 rings (SSSR count).